The Balaban J connectivity index is 1.86. The van der Waals surface area contributed by atoms with Gasteiger partial charge in [0.25, 0.3) is 0 Å². The number of carbonyl (C=O) groups excluding carboxylic acids is 1. The Kier molecular flexibility index (Phi) is 5.43. The molecule has 1 amide bonds. The van der Waals surface area contributed by atoms with Crippen LogP contribution in [0.4, 0.5) is 0 Å². The molecule has 7 nitrogen and oxygen atoms in total. The van der Waals surface area contributed by atoms with Gasteiger partial charge in [-0.15, -0.1) is 0 Å². The number of carbonyl (C=O) groups is 1. The number of likely N-dealkylation sites (tertiary alicyclic amines) is 1. The van der Waals surface area contributed by atoms with Gasteiger partial charge in [0.05, 0.1) is 11.4 Å². The van der Waals surface area contributed by atoms with Crippen molar-refractivity contribution in [2.45, 2.75) is 39.2 Å². The molecule has 3 rings (SSSR count). The van der Waals surface area contributed by atoms with E-state index in [1.807, 2.05) is 28.6 Å². The second kappa shape index (κ2) is 7.74. The molecule has 0 bridgehead atoms. The zero-order valence-corrected chi connectivity index (χ0v) is 15.1. The van der Waals surface area contributed by atoms with Gasteiger partial charge in [-0.25, -0.2) is 9.97 Å². The molecule has 1 atom stereocenters. The van der Waals surface area contributed by atoms with E-state index in [2.05, 4.69) is 22.0 Å². The van der Waals surface area contributed by atoms with Gasteiger partial charge in [-0.05, 0) is 38.8 Å². The van der Waals surface area contributed by atoms with Gasteiger partial charge in [0.2, 0.25) is 5.91 Å². The first-order valence-electron chi connectivity index (χ1n) is 8.76. The molecule has 1 aliphatic rings. The first-order valence-corrected chi connectivity index (χ1v) is 8.76. The Morgan fingerprint density at radius 1 is 1.40 bits per heavy atom. The van der Waals surface area contributed by atoms with Crippen LogP contribution in [0, 0.1) is 6.92 Å². The molecule has 7 heteroatoms. The van der Waals surface area contributed by atoms with E-state index in [1.165, 1.54) is 0 Å². The van der Waals surface area contributed by atoms with E-state index in [9.17, 15) is 4.79 Å². The van der Waals surface area contributed by atoms with Crippen LogP contribution in [0.5, 0.6) is 0 Å². The third kappa shape index (κ3) is 3.87. The lowest BCUT2D eigenvalue weighted by Gasteiger charge is -2.32. The molecule has 0 spiro atoms. The molecule has 0 unspecified atom stereocenters. The Labute approximate surface area is 148 Å². The monoisotopic (exact) mass is 343 g/mol. The molecular formula is C18H25N5O2. The number of aromatic nitrogens is 4. The van der Waals surface area contributed by atoms with Gasteiger partial charge >= 0.3 is 0 Å². The van der Waals surface area contributed by atoms with Crippen molar-refractivity contribution in [2.75, 3.05) is 26.8 Å². The topological polar surface area (TPSA) is 73.1 Å². The minimum atomic E-state index is 0.0438. The number of methoxy groups -OCH3 is 1. The number of rotatable bonds is 5. The number of ether oxygens (including phenoxy) is 1. The minimum absolute atomic E-state index is 0.0438. The summed E-state index contributed by atoms with van der Waals surface area (Å²) in [7, 11) is 1.55. The van der Waals surface area contributed by atoms with Crippen molar-refractivity contribution in [2.24, 2.45) is 0 Å². The molecule has 3 heterocycles. The maximum Gasteiger partial charge on any atom is 0.248 e. The SMILES string of the molecule is CCn1nccc1-c1cc([C@@H]2CCCN(C(=O)COC)C2)nc(C)n1. The molecule has 0 radical (unpaired) electrons. The molecule has 1 saturated heterocycles. The number of nitrogens with zero attached hydrogens (tertiary/aromatic N) is 5. The summed E-state index contributed by atoms with van der Waals surface area (Å²) in [6.45, 7) is 6.38. The average Bonchev–Trinajstić information content (AvgIpc) is 3.10. The lowest BCUT2D eigenvalue weighted by Crippen LogP contribution is -2.41. The fourth-order valence-corrected chi connectivity index (χ4v) is 3.39. The lowest BCUT2D eigenvalue weighted by atomic mass is 9.93. The van der Waals surface area contributed by atoms with E-state index in [1.54, 1.807) is 13.3 Å². The van der Waals surface area contributed by atoms with Crippen molar-refractivity contribution in [3.63, 3.8) is 0 Å². The highest BCUT2D eigenvalue weighted by Crippen LogP contribution is 2.28. The second-order valence-electron chi connectivity index (χ2n) is 6.37. The molecule has 2 aromatic heterocycles. The predicted octanol–water partition coefficient (Wildman–Crippen LogP) is 2.02. The van der Waals surface area contributed by atoms with Crippen LogP contribution in [-0.4, -0.2) is 57.4 Å². The van der Waals surface area contributed by atoms with Crippen molar-refractivity contribution in [3.8, 4) is 11.4 Å². The van der Waals surface area contributed by atoms with E-state index in [-0.39, 0.29) is 18.4 Å². The molecular weight excluding hydrogens is 318 g/mol. The average molecular weight is 343 g/mol. The van der Waals surface area contributed by atoms with Crippen LogP contribution >= 0.6 is 0 Å². The molecule has 25 heavy (non-hydrogen) atoms. The molecule has 0 aromatic carbocycles. The van der Waals surface area contributed by atoms with Crippen molar-refractivity contribution in [3.05, 3.63) is 29.8 Å². The summed E-state index contributed by atoms with van der Waals surface area (Å²) in [4.78, 5) is 23.3. The molecule has 1 fully saturated rings. The summed E-state index contributed by atoms with van der Waals surface area (Å²) in [5.41, 5.74) is 2.89. The third-order valence-electron chi connectivity index (χ3n) is 4.60. The summed E-state index contributed by atoms with van der Waals surface area (Å²) >= 11 is 0. The van der Waals surface area contributed by atoms with Gasteiger partial charge in [-0.2, -0.15) is 5.10 Å². The number of hydrogen-bond acceptors (Lipinski definition) is 5. The molecule has 0 saturated carbocycles. The van der Waals surface area contributed by atoms with Gasteiger partial charge < -0.3 is 9.64 Å². The summed E-state index contributed by atoms with van der Waals surface area (Å²) in [5, 5.41) is 4.33. The van der Waals surface area contributed by atoms with Gasteiger partial charge in [-0.1, -0.05) is 0 Å². The van der Waals surface area contributed by atoms with Crippen LogP contribution in [-0.2, 0) is 16.1 Å². The molecule has 1 aliphatic heterocycles. The normalized spacial score (nSPS) is 17.7. The standard InChI is InChI=1S/C18H25N5O2/c1-4-23-17(7-8-19-23)16-10-15(20-13(2)21-16)14-6-5-9-22(11-14)18(24)12-25-3/h7-8,10,14H,4-6,9,11-12H2,1-3H3/t14-/m1/s1. The second-order valence-corrected chi connectivity index (χ2v) is 6.37. The quantitative estimate of drug-likeness (QED) is 0.830. The Hall–Kier alpha value is -2.28. The first-order chi connectivity index (χ1) is 12.1. The van der Waals surface area contributed by atoms with Crippen LogP contribution in [0.1, 0.15) is 37.2 Å². The van der Waals surface area contributed by atoms with E-state index < -0.39 is 0 Å². The Morgan fingerprint density at radius 3 is 3.00 bits per heavy atom. The smallest absolute Gasteiger partial charge is 0.248 e. The van der Waals surface area contributed by atoms with E-state index >= 15 is 0 Å². The summed E-state index contributed by atoms with van der Waals surface area (Å²) in [5.74, 6) is 1.02. The highest BCUT2D eigenvalue weighted by atomic mass is 16.5. The zero-order chi connectivity index (χ0) is 17.8. The predicted molar refractivity (Wildman–Crippen MR) is 94.1 cm³/mol. The van der Waals surface area contributed by atoms with Crippen LogP contribution in [0.15, 0.2) is 18.3 Å². The van der Waals surface area contributed by atoms with Gasteiger partial charge in [-0.3, -0.25) is 9.48 Å². The highest BCUT2D eigenvalue weighted by Gasteiger charge is 2.26. The number of hydrogen-bond donors (Lipinski definition) is 0. The molecule has 0 aliphatic carbocycles. The summed E-state index contributed by atoms with van der Waals surface area (Å²) in [6, 6.07) is 4.02. The van der Waals surface area contributed by atoms with Crippen molar-refractivity contribution in [1.29, 1.82) is 0 Å². The fourth-order valence-electron chi connectivity index (χ4n) is 3.39. The van der Waals surface area contributed by atoms with Crippen molar-refractivity contribution >= 4 is 5.91 Å². The maximum atomic E-state index is 12.1. The van der Waals surface area contributed by atoms with Crippen molar-refractivity contribution in [1.82, 2.24) is 24.6 Å². The number of aryl methyl sites for hydroxylation is 2. The molecule has 134 valence electrons. The Morgan fingerprint density at radius 2 is 2.24 bits per heavy atom. The first kappa shape index (κ1) is 17.5. The Bertz CT molecular complexity index is 743. The minimum Gasteiger partial charge on any atom is -0.375 e. The maximum absolute atomic E-state index is 12.1. The molecule has 2 aromatic rings. The van der Waals surface area contributed by atoms with Crippen LogP contribution in [0.3, 0.4) is 0 Å². The number of amides is 1. The van der Waals surface area contributed by atoms with Gasteiger partial charge in [0, 0.05) is 44.6 Å². The zero-order valence-electron chi connectivity index (χ0n) is 15.1. The van der Waals surface area contributed by atoms with Crippen LogP contribution < -0.4 is 0 Å². The summed E-state index contributed by atoms with van der Waals surface area (Å²) < 4.78 is 6.92. The van der Waals surface area contributed by atoms with Crippen LogP contribution in [0.2, 0.25) is 0 Å². The van der Waals surface area contributed by atoms with Crippen molar-refractivity contribution < 1.29 is 9.53 Å². The lowest BCUT2D eigenvalue weighted by molar-refractivity contribution is -0.136. The van der Waals surface area contributed by atoms with E-state index in [0.717, 1.165) is 48.8 Å². The molecule has 0 N–H and O–H groups in total. The van der Waals surface area contributed by atoms with E-state index in [4.69, 9.17) is 4.74 Å². The van der Waals surface area contributed by atoms with Crippen LogP contribution in [0.25, 0.3) is 11.4 Å². The van der Waals surface area contributed by atoms with Gasteiger partial charge in [0.1, 0.15) is 12.4 Å². The largest absolute Gasteiger partial charge is 0.375 e. The fraction of sp³-hybridized carbons (Fsp3) is 0.556. The number of piperidine rings is 1. The third-order valence-corrected chi connectivity index (χ3v) is 4.60. The highest BCUT2D eigenvalue weighted by molar-refractivity contribution is 5.77. The van der Waals surface area contributed by atoms with Gasteiger partial charge in [0.15, 0.2) is 0 Å². The summed E-state index contributed by atoms with van der Waals surface area (Å²) in [6.07, 6.45) is 3.80. The van der Waals surface area contributed by atoms with E-state index in [0.29, 0.717) is 6.54 Å².